The lowest BCUT2D eigenvalue weighted by atomic mass is 10.3. The van der Waals surface area contributed by atoms with Crippen LogP contribution in [0.3, 0.4) is 0 Å². The van der Waals surface area contributed by atoms with Crippen LogP contribution < -0.4 is 10.9 Å². The van der Waals surface area contributed by atoms with Crippen LogP contribution in [0.4, 0.5) is 4.39 Å². The molecule has 1 aromatic carbocycles. The Balaban J connectivity index is 2.01. The minimum atomic E-state index is -0.516. The summed E-state index contributed by atoms with van der Waals surface area (Å²) in [5.41, 5.74) is 0.350. The average molecular weight is 391 g/mol. The molecular weight excluding hydrogens is 373 g/mol. The lowest BCUT2D eigenvalue weighted by Crippen LogP contribution is -2.33. The van der Waals surface area contributed by atoms with Crippen LogP contribution in [0.2, 0.25) is 0 Å². The van der Waals surface area contributed by atoms with Gasteiger partial charge in [0.2, 0.25) is 5.91 Å². The molecule has 2 heterocycles. The molecule has 136 valence electrons. The summed E-state index contributed by atoms with van der Waals surface area (Å²) < 4.78 is 16.0. The molecule has 0 saturated carbocycles. The molecule has 1 N–H and O–H groups in total. The number of nitrogens with zero attached hydrogens (tertiary/aromatic N) is 2. The zero-order chi connectivity index (χ0) is 18.7. The van der Waals surface area contributed by atoms with Gasteiger partial charge in [-0.1, -0.05) is 30.8 Å². The normalized spacial score (nSPS) is 12.3. The summed E-state index contributed by atoms with van der Waals surface area (Å²) in [6.45, 7) is 3.91. The number of aromatic nitrogens is 2. The van der Waals surface area contributed by atoms with Crippen molar-refractivity contribution in [2.45, 2.75) is 31.5 Å². The van der Waals surface area contributed by atoms with E-state index in [2.05, 4.69) is 10.3 Å². The van der Waals surface area contributed by atoms with Crippen LogP contribution in [0.1, 0.15) is 20.3 Å². The number of nitrogens with one attached hydrogen (secondary N) is 1. The monoisotopic (exact) mass is 391 g/mol. The number of carbonyl (C=O) groups excluding carboxylic acids is 1. The van der Waals surface area contributed by atoms with Gasteiger partial charge in [-0.25, -0.2) is 9.37 Å². The van der Waals surface area contributed by atoms with Gasteiger partial charge in [0.05, 0.1) is 17.0 Å². The number of hydrogen-bond acceptors (Lipinski definition) is 5. The standard InChI is InChI=1S/C18H18FN3O2S2/c1-3-11(2)20-15(23)10-26-18-21-13-8-9-25-16(13)17(24)22(18)14-7-5-4-6-12(14)19/h4-9,11H,3,10H2,1-2H3,(H,20,23)/t11-/m1/s1. The number of thiophene rings is 1. The molecule has 0 aliphatic heterocycles. The van der Waals surface area contributed by atoms with E-state index in [0.29, 0.717) is 15.4 Å². The maximum atomic E-state index is 14.3. The number of fused-ring (bicyclic) bond motifs is 1. The third-order valence-corrected chi connectivity index (χ3v) is 5.72. The van der Waals surface area contributed by atoms with Gasteiger partial charge in [-0.05, 0) is 36.9 Å². The quantitative estimate of drug-likeness (QED) is 0.515. The minimum Gasteiger partial charge on any atom is -0.353 e. The van der Waals surface area contributed by atoms with Gasteiger partial charge in [0.15, 0.2) is 5.16 Å². The lowest BCUT2D eigenvalue weighted by Gasteiger charge is -2.14. The molecule has 0 spiro atoms. The molecule has 3 rings (SSSR count). The smallest absolute Gasteiger partial charge is 0.276 e. The van der Waals surface area contributed by atoms with E-state index in [9.17, 15) is 14.0 Å². The van der Waals surface area contributed by atoms with Gasteiger partial charge in [-0.2, -0.15) is 0 Å². The first-order valence-electron chi connectivity index (χ1n) is 8.18. The van der Waals surface area contributed by atoms with Gasteiger partial charge < -0.3 is 5.32 Å². The Bertz CT molecular complexity index is 1000. The summed E-state index contributed by atoms with van der Waals surface area (Å²) in [6, 6.07) is 7.87. The second-order valence-electron chi connectivity index (χ2n) is 5.79. The number of para-hydroxylation sites is 1. The molecule has 0 fully saturated rings. The van der Waals surface area contributed by atoms with Crippen LogP contribution >= 0.6 is 23.1 Å². The summed E-state index contributed by atoms with van der Waals surface area (Å²) in [5.74, 6) is -0.566. The first kappa shape index (κ1) is 18.6. The van der Waals surface area contributed by atoms with Gasteiger partial charge >= 0.3 is 0 Å². The zero-order valence-corrected chi connectivity index (χ0v) is 16.0. The number of thioether (sulfide) groups is 1. The minimum absolute atomic E-state index is 0.0733. The van der Waals surface area contributed by atoms with Gasteiger partial charge in [0, 0.05) is 6.04 Å². The SMILES string of the molecule is CC[C@@H](C)NC(=O)CSc1nc2ccsc2c(=O)n1-c1ccccc1F. The van der Waals surface area contributed by atoms with E-state index in [4.69, 9.17) is 0 Å². The van der Waals surface area contributed by atoms with Crippen molar-refractivity contribution < 1.29 is 9.18 Å². The van der Waals surface area contributed by atoms with E-state index in [1.54, 1.807) is 23.6 Å². The van der Waals surface area contributed by atoms with E-state index in [0.717, 1.165) is 18.2 Å². The maximum absolute atomic E-state index is 14.3. The van der Waals surface area contributed by atoms with E-state index in [1.165, 1.54) is 28.0 Å². The Morgan fingerprint density at radius 2 is 2.15 bits per heavy atom. The van der Waals surface area contributed by atoms with E-state index in [1.807, 2.05) is 13.8 Å². The molecule has 1 atom stereocenters. The molecule has 5 nitrogen and oxygen atoms in total. The number of rotatable bonds is 6. The third kappa shape index (κ3) is 3.81. The summed E-state index contributed by atoms with van der Waals surface area (Å²) in [6.07, 6.45) is 0.829. The topological polar surface area (TPSA) is 64.0 Å². The number of halogens is 1. The summed E-state index contributed by atoms with van der Waals surface area (Å²) >= 11 is 2.39. The molecule has 0 saturated heterocycles. The van der Waals surface area contributed by atoms with Crippen LogP contribution in [-0.2, 0) is 4.79 Å². The van der Waals surface area contributed by atoms with Crippen molar-refractivity contribution in [1.29, 1.82) is 0 Å². The van der Waals surface area contributed by atoms with Crippen molar-refractivity contribution in [3.63, 3.8) is 0 Å². The van der Waals surface area contributed by atoms with Crippen LogP contribution in [-0.4, -0.2) is 27.3 Å². The number of benzene rings is 1. The van der Waals surface area contributed by atoms with Crippen molar-refractivity contribution >= 4 is 39.2 Å². The third-order valence-electron chi connectivity index (χ3n) is 3.89. The molecule has 1 amide bonds. The molecule has 8 heteroatoms. The molecule has 2 aromatic heterocycles. The van der Waals surface area contributed by atoms with Gasteiger partial charge in [-0.15, -0.1) is 11.3 Å². The largest absolute Gasteiger partial charge is 0.353 e. The van der Waals surface area contributed by atoms with Crippen LogP contribution in [0.15, 0.2) is 45.7 Å². The fraction of sp³-hybridized carbons (Fsp3) is 0.278. The number of amides is 1. The Hall–Kier alpha value is -2.19. The van der Waals surface area contributed by atoms with Crippen LogP contribution in [0.25, 0.3) is 15.9 Å². The Morgan fingerprint density at radius 3 is 2.88 bits per heavy atom. The molecule has 0 bridgehead atoms. The van der Waals surface area contributed by atoms with Crippen molar-refractivity contribution in [1.82, 2.24) is 14.9 Å². The van der Waals surface area contributed by atoms with E-state index in [-0.39, 0.29) is 28.9 Å². The maximum Gasteiger partial charge on any atom is 0.276 e. The summed E-state index contributed by atoms with van der Waals surface area (Å²) in [5, 5.41) is 4.94. The predicted molar refractivity (Wildman–Crippen MR) is 104 cm³/mol. The van der Waals surface area contributed by atoms with Crippen LogP contribution in [0, 0.1) is 5.82 Å². The predicted octanol–water partition coefficient (Wildman–Crippen LogP) is 3.59. The summed E-state index contributed by atoms with van der Waals surface area (Å²) in [7, 11) is 0. The first-order chi connectivity index (χ1) is 12.5. The molecule has 0 radical (unpaired) electrons. The van der Waals surface area contributed by atoms with Gasteiger partial charge in [-0.3, -0.25) is 14.2 Å². The highest BCUT2D eigenvalue weighted by atomic mass is 32.2. The summed E-state index contributed by atoms with van der Waals surface area (Å²) in [4.78, 5) is 29.4. The highest BCUT2D eigenvalue weighted by Crippen LogP contribution is 2.24. The number of carbonyl (C=O) groups is 1. The van der Waals surface area contributed by atoms with E-state index < -0.39 is 5.82 Å². The van der Waals surface area contributed by atoms with Gasteiger partial charge in [0.25, 0.3) is 5.56 Å². The van der Waals surface area contributed by atoms with Gasteiger partial charge in [0.1, 0.15) is 10.5 Å². The molecule has 0 aliphatic rings. The van der Waals surface area contributed by atoms with Crippen molar-refractivity contribution in [2.24, 2.45) is 0 Å². The Kier molecular flexibility index (Phi) is 5.73. The first-order valence-corrected chi connectivity index (χ1v) is 10.0. The zero-order valence-electron chi connectivity index (χ0n) is 14.4. The lowest BCUT2D eigenvalue weighted by molar-refractivity contribution is -0.119. The second kappa shape index (κ2) is 8.01. The molecular formula is C18H18FN3O2S2. The molecule has 0 aliphatic carbocycles. The molecule has 3 aromatic rings. The molecule has 26 heavy (non-hydrogen) atoms. The number of hydrogen-bond donors (Lipinski definition) is 1. The van der Waals surface area contributed by atoms with Crippen molar-refractivity contribution in [3.05, 3.63) is 51.9 Å². The highest BCUT2D eigenvalue weighted by Gasteiger charge is 2.18. The second-order valence-corrected chi connectivity index (χ2v) is 7.65. The van der Waals surface area contributed by atoms with Crippen LogP contribution in [0.5, 0.6) is 0 Å². The fourth-order valence-electron chi connectivity index (χ4n) is 2.38. The van der Waals surface area contributed by atoms with Crippen molar-refractivity contribution in [3.8, 4) is 5.69 Å². The molecule has 0 unspecified atom stereocenters. The van der Waals surface area contributed by atoms with E-state index >= 15 is 0 Å². The average Bonchev–Trinajstić information content (AvgIpc) is 3.10. The van der Waals surface area contributed by atoms with Crippen molar-refractivity contribution in [2.75, 3.05) is 5.75 Å². The Morgan fingerprint density at radius 1 is 1.38 bits per heavy atom. The Labute approximate surface area is 158 Å². The highest BCUT2D eigenvalue weighted by molar-refractivity contribution is 7.99. The fourth-order valence-corrected chi connectivity index (χ4v) is 3.96.